The molecule has 90 valence electrons. The Morgan fingerprint density at radius 3 is 3.06 bits per heavy atom. The van der Waals surface area contributed by atoms with Crippen LogP contribution in [0.4, 0.5) is 0 Å². The first kappa shape index (κ1) is 11.7. The quantitative estimate of drug-likeness (QED) is 0.832. The Morgan fingerprint density at radius 2 is 2.38 bits per heavy atom. The van der Waals surface area contributed by atoms with Crippen LogP contribution in [0.15, 0.2) is 22.8 Å². The van der Waals surface area contributed by atoms with Gasteiger partial charge in [-0.3, -0.25) is 4.90 Å². The van der Waals surface area contributed by atoms with Gasteiger partial charge >= 0.3 is 0 Å². The molecule has 3 heteroatoms. The molecule has 0 aliphatic carbocycles. The largest absolute Gasteiger partial charge is 0.468 e. The third-order valence-corrected chi connectivity index (χ3v) is 3.09. The molecule has 1 atom stereocenters. The number of hydrogen-bond donors (Lipinski definition) is 1. The second kappa shape index (κ2) is 4.60. The number of nitrogens with zero attached hydrogens (tertiary/aromatic N) is 1. The minimum Gasteiger partial charge on any atom is -0.468 e. The lowest BCUT2D eigenvalue weighted by atomic mass is 10.0. The Bertz CT molecular complexity index is 319. The van der Waals surface area contributed by atoms with Crippen molar-refractivity contribution in [2.24, 2.45) is 0 Å². The average molecular weight is 222 g/mol. The molecule has 2 rings (SSSR count). The molecule has 0 amide bonds. The van der Waals surface area contributed by atoms with E-state index in [1.807, 2.05) is 6.07 Å². The third kappa shape index (κ3) is 3.09. The van der Waals surface area contributed by atoms with Crippen molar-refractivity contribution in [2.75, 3.05) is 13.1 Å². The molecule has 1 N–H and O–H groups in total. The first-order chi connectivity index (χ1) is 7.55. The van der Waals surface area contributed by atoms with Gasteiger partial charge in [-0.15, -0.1) is 0 Å². The molecule has 1 fully saturated rings. The third-order valence-electron chi connectivity index (χ3n) is 3.09. The smallest absolute Gasteiger partial charge is 0.117 e. The zero-order valence-corrected chi connectivity index (χ0v) is 10.5. The highest BCUT2D eigenvalue weighted by Crippen LogP contribution is 2.16. The fourth-order valence-corrected chi connectivity index (χ4v) is 2.56. The highest BCUT2D eigenvalue weighted by Gasteiger charge is 2.27. The standard InChI is InChI=1S/C13H22N2O/c1-11-6-7-15(10-13(2,3)14-11)9-12-5-4-8-16-12/h4-5,8,11,14H,6-7,9-10H2,1-3H3. The van der Waals surface area contributed by atoms with Gasteiger partial charge in [-0.25, -0.2) is 0 Å². The Morgan fingerprint density at radius 1 is 1.56 bits per heavy atom. The molecule has 0 radical (unpaired) electrons. The molecule has 1 aliphatic heterocycles. The molecule has 3 nitrogen and oxygen atoms in total. The molecular formula is C13H22N2O. The van der Waals surface area contributed by atoms with Gasteiger partial charge in [0, 0.05) is 24.7 Å². The summed E-state index contributed by atoms with van der Waals surface area (Å²) in [7, 11) is 0. The van der Waals surface area contributed by atoms with E-state index in [4.69, 9.17) is 4.42 Å². The lowest BCUT2D eigenvalue weighted by Crippen LogP contribution is -2.48. The summed E-state index contributed by atoms with van der Waals surface area (Å²) in [5, 5.41) is 3.66. The van der Waals surface area contributed by atoms with Gasteiger partial charge in [0.05, 0.1) is 12.8 Å². The number of rotatable bonds is 2. The van der Waals surface area contributed by atoms with Gasteiger partial charge in [0.1, 0.15) is 5.76 Å². The van der Waals surface area contributed by atoms with Gasteiger partial charge in [0.25, 0.3) is 0 Å². The molecule has 1 aromatic heterocycles. The normalized spacial score (nSPS) is 26.6. The van der Waals surface area contributed by atoms with Gasteiger partial charge in [-0.2, -0.15) is 0 Å². The summed E-state index contributed by atoms with van der Waals surface area (Å²) >= 11 is 0. The summed E-state index contributed by atoms with van der Waals surface area (Å²) in [6.45, 7) is 9.92. The topological polar surface area (TPSA) is 28.4 Å². The van der Waals surface area contributed by atoms with Crippen LogP contribution in [0.2, 0.25) is 0 Å². The summed E-state index contributed by atoms with van der Waals surface area (Å²) in [6, 6.07) is 4.60. The fraction of sp³-hybridized carbons (Fsp3) is 0.692. The SMILES string of the molecule is CC1CCN(Cc2ccco2)CC(C)(C)N1. The van der Waals surface area contributed by atoms with Crippen molar-refractivity contribution in [2.45, 2.75) is 45.3 Å². The van der Waals surface area contributed by atoms with Gasteiger partial charge in [-0.1, -0.05) is 0 Å². The van der Waals surface area contributed by atoms with Crippen molar-refractivity contribution in [3.05, 3.63) is 24.2 Å². The number of furan rings is 1. The molecule has 2 heterocycles. The summed E-state index contributed by atoms with van der Waals surface area (Å²) in [4.78, 5) is 2.47. The van der Waals surface area contributed by atoms with Crippen LogP contribution in [0.3, 0.4) is 0 Å². The van der Waals surface area contributed by atoms with Gasteiger partial charge in [-0.05, 0) is 39.3 Å². The van der Waals surface area contributed by atoms with Gasteiger partial charge in [0.2, 0.25) is 0 Å². The second-order valence-electron chi connectivity index (χ2n) is 5.51. The predicted octanol–water partition coefficient (Wildman–Crippen LogP) is 2.24. The maximum Gasteiger partial charge on any atom is 0.117 e. The van der Waals surface area contributed by atoms with E-state index in [1.54, 1.807) is 6.26 Å². The first-order valence-corrected chi connectivity index (χ1v) is 6.08. The summed E-state index contributed by atoms with van der Waals surface area (Å²) < 4.78 is 5.41. The highest BCUT2D eigenvalue weighted by atomic mass is 16.3. The second-order valence-corrected chi connectivity index (χ2v) is 5.51. The van der Waals surface area contributed by atoms with Crippen molar-refractivity contribution in [3.8, 4) is 0 Å². The zero-order chi connectivity index (χ0) is 11.6. The Balaban J connectivity index is 1.99. The molecular weight excluding hydrogens is 200 g/mol. The summed E-state index contributed by atoms with van der Waals surface area (Å²) in [5.41, 5.74) is 0.183. The van der Waals surface area contributed by atoms with Crippen molar-refractivity contribution in [3.63, 3.8) is 0 Å². The fourth-order valence-electron chi connectivity index (χ4n) is 2.56. The van der Waals surface area contributed by atoms with E-state index < -0.39 is 0 Å². The molecule has 0 aromatic carbocycles. The molecule has 0 saturated carbocycles. The molecule has 0 spiro atoms. The van der Waals surface area contributed by atoms with E-state index in [-0.39, 0.29) is 5.54 Å². The predicted molar refractivity (Wildman–Crippen MR) is 65.3 cm³/mol. The van der Waals surface area contributed by atoms with Crippen molar-refractivity contribution in [1.29, 1.82) is 0 Å². The van der Waals surface area contributed by atoms with Gasteiger partial charge in [0.15, 0.2) is 0 Å². The van der Waals surface area contributed by atoms with Crippen LogP contribution in [-0.4, -0.2) is 29.6 Å². The Kier molecular flexibility index (Phi) is 3.36. The van der Waals surface area contributed by atoms with Crippen LogP contribution in [0.1, 0.15) is 33.0 Å². The zero-order valence-electron chi connectivity index (χ0n) is 10.5. The van der Waals surface area contributed by atoms with Crippen LogP contribution in [0.5, 0.6) is 0 Å². The van der Waals surface area contributed by atoms with Crippen LogP contribution in [-0.2, 0) is 6.54 Å². The lowest BCUT2D eigenvalue weighted by molar-refractivity contribution is 0.208. The van der Waals surface area contributed by atoms with E-state index >= 15 is 0 Å². The number of nitrogens with one attached hydrogen (secondary N) is 1. The molecule has 0 bridgehead atoms. The minimum atomic E-state index is 0.183. The van der Waals surface area contributed by atoms with E-state index in [1.165, 1.54) is 6.42 Å². The number of hydrogen-bond acceptors (Lipinski definition) is 3. The van der Waals surface area contributed by atoms with E-state index in [9.17, 15) is 0 Å². The molecule has 1 saturated heterocycles. The molecule has 16 heavy (non-hydrogen) atoms. The van der Waals surface area contributed by atoms with Crippen LogP contribution >= 0.6 is 0 Å². The summed E-state index contributed by atoms with van der Waals surface area (Å²) in [6.07, 6.45) is 2.95. The Labute approximate surface area is 97.8 Å². The van der Waals surface area contributed by atoms with Crippen molar-refractivity contribution in [1.82, 2.24) is 10.2 Å². The van der Waals surface area contributed by atoms with Crippen LogP contribution in [0, 0.1) is 0 Å². The maximum absolute atomic E-state index is 5.41. The van der Waals surface area contributed by atoms with E-state index in [2.05, 4.69) is 37.1 Å². The summed E-state index contributed by atoms with van der Waals surface area (Å²) in [5.74, 6) is 1.06. The minimum absolute atomic E-state index is 0.183. The highest BCUT2D eigenvalue weighted by molar-refractivity contribution is 4.99. The first-order valence-electron chi connectivity index (χ1n) is 6.08. The van der Waals surface area contributed by atoms with Gasteiger partial charge < -0.3 is 9.73 Å². The van der Waals surface area contributed by atoms with Crippen LogP contribution in [0.25, 0.3) is 0 Å². The Hall–Kier alpha value is -0.800. The monoisotopic (exact) mass is 222 g/mol. The van der Waals surface area contributed by atoms with E-state index in [0.717, 1.165) is 25.4 Å². The maximum atomic E-state index is 5.41. The lowest BCUT2D eigenvalue weighted by Gasteiger charge is -2.30. The molecule has 1 unspecified atom stereocenters. The average Bonchev–Trinajstić information content (AvgIpc) is 2.60. The molecule has 1 aliphatic rings. The van der Waals surface area contributed by atoms with Crippen molar-refractivity contribution < 1.29 is 4.42 Å². The van der Waals surface area contributed by atoms with Crippen LogP contribution < -0.4 is 5.32 Å². The molecule has 1 aromatic rings. The van der Waals surface area contributed by atoms with E-state index in [0.29, 0.717) is 6.04 Å². The van der Waals surface area contributed by atoms with Crippen molar-refractivity contribution >= 4 is 0 Å².